The highest BCUT2D eigenvalue weighted by Crippen LogP contribution is 2.22. The van der Waals surface area contributed by atoms with Crippen molar-refractivity contribution in [1.29, 1.82) is 0 Å². The molecule has 1 aromatic rings. The van der Waals surface area contributed by atoms with Gasteiger partial charge in [0.05, 0.1) is 11.5 Å². The van der Waals surface area contributed by atoms with Crippen LogP contribution in [0.2, 0.25) is 5.02 Å². The van der Waals surface area contributed by atoms with E-state index in [0.717, 1.165) is 0 Å². The van der Waals surface area contributed by atoms with Gasteiger partial charge in [-0.15, -0.1) is 0 Å². The SMILES string of the molecule is CC(C)(C)OC(=O)NCC#Cc1ccc(Cl)cc1[N+](=O)[O-]. The lowest BCUT2D eigenvalue weighted by Gasteiger charge is -2.18. The molecule has 0 aliphatic rings. The first kappa shape index (κ1) is 16.8. The highest BCUT2D eigenvalue weighted by molar-refractivity contribution is 6.30. The normalized spacial score (nSPS) is 10.3. The average Bonchev–Trinajstić information content (AvgIpc) is 2.33. The fourth-order valence-corrected chi connectivity index (χ4v) is 1.50. The molecule has 0 aliphatic carbocycles. The third-order valence-electron chi connectivity index (χ3n) is 2.10. The number of amides is 1. The Labute approximate surface area is 127 Å². The molecule has 0 aromatic heterocycles. The molecule has 0 aliphatic heterocycles. The number of hydrogen-bond acceptors (Lipinski definition) is 4. The van der Waals surface area contributed by atoms with Gasteiger partial charge in [0.25, 0.3) is 5.69 Å². The number of carbonyl (C=O) groups excluding carboxylic acids is 1. The van der Waals surface area contributed by atoms with Crippen LogP contribution in [0.1, 0.15) is 26.3 Å². The van der Waals surface area contributed by atoms with Gasteiger partial charge in [0.2, 0.25) is 0 Å². The summed E-state index contributed by atoms with van der Waals surface area (Å²) in [4.78, 5) is 21.7. The zero-order valence-corrected chi connectivity index (χ0v) is 12.7. The van der Waals surface area contributed by atoms with E-state index in [1.807, 2.05) is 0 Å². The Kier molecular flexibility index (Phi) is 5.56. The van der Waals surface area contributed by atoms with Gasteiger partial charge in [0.1, 0.15) is 11.2 Å². The Morgan fingerprint density at radius 3 is 2.71 bits per heavy atom. The monoisotopic (exact) mass is 310 g/mol. The summed E-state index contributed by atoms with van der Waals surface area (Å²) in [5, 5.41) is 13.6. The molecule has 6 nitrogen and oxygen atoms in total. The number of alkyl carbamates (subject to hydrolysis) is 1. The first-order chi connectivity index (χ1) is 9.69. The molecule has 0 fully saturated rings. The van der Waals surface area contributed by atoms with Crippen LogP contribution < -0.4 is 5.32 Å². The van der Waals surface area contributed by atoms with Crippen LogP contribution in [0.3, 0.4) is 0 Å². The molecule has 112 valence electrons. The number of nitro benzene ring substituents is 1. The lowest BCUT2D eigenvalue weighted by molar-refractivity contribution is -0.385. The third kappa shape index (κ3) is 6.15. The minimum Gasteiger partial charge on any atom is -0.444 e. The molecule has 0 spiro atoms. The highest BCUT2D eigenvalue weighted by Gasteiger charge is 2.15. The summed E-state index contributed by atoms with van der Waals surface area (Å²) in [6.45, 7) is 5.26. The van der Waals surface area contributed by atoms with Crippen LogP contribution >= 0.6 is 11.6 Å². The molecular formula is C14H15ClN2O4. The molecule has 0 saturated heterocycles. The van der Waals surface area contributed by atoms with Crippen molar-refractivity contribution in [2.24, 2.45) is 0 Å². The smallest absolute Gasteiger partial charge is 0.408 e. The van der Waals surface area contributed by atoms with E-state index < -0.39 is 16.6 Å². The van der Waals surface area contributed by atoms with E-state index in [9.17, 15) is 14.9 Å². The standard InChI is InChI=1S/C14H15ClN2O4/c1-14(2,3)21-13(18)16-8-4-5-10-6-7-11(15)9-12(10)17(19)20/h6-7,9H,8H2,1-3H3,(H,16,18). The van der Waals surface area contributed by atoms with Crippen molar-refractivity contribution in [2.75, 3.05) is 6.54 Å². The molecule has 1 aromatic carbocycles. The van der Waals surface area contributed by atoms with Crippen LogP contribution in [-0.4, -0.2) is 23.2 Å². The molecule has 1 rings (SSSR count). The Balaban J connectivity index is 2.68. The van der Waals surface area contributed by atoms with Crippen molar-refractivity contribution in [2.45, 2.75) is 26.4 Å². The average molecular weight is 311 g/mol. The number of halogens is 1. The van der Waals surface area contributed by atoms with Crippen LogP contribution in [0.5, 0.6) is 0 Å². The van der Waals surface area contributed by atoms with E-state index in [1.54, 1.807) is 20.8 Å². The summed E-state index contributed by atoms with van der Waals surface area (Å²) in [5.41, 5.74) is -0.533. The number of nitro groups is 1. The van der Waals surface area contributed by atoms with Crippen molar-refractivity contribution >= 4 is 23.4 Å². The Hall–Kier alpha value is -2.26. The van der Waals surface area contributed by atoms with Crippen molar-refractivity contribution < 1.29 is 14.5 Å². The van der Waals surface area contributed by atoms with Gasteiger partial charge in [-0.2, -0.15) is 0 Å². The van der Waals surface area contributed by atoms with Crippen LogP contribution in [0.15, 0.2) is 18.2 Å². The second-order valence-electron chi connectivity index (χ2n) is 5.08. The van der Waals surface area contributed by atoms with Gasteiger partial charge in [0.15, 0.2) is 0 Å². The summed E-state index contributed by atoms with van der Waals surface area (Å²) in [5.74, 6) is 5.24. The van der Waals surface area contributed by atoms with Gasteiger partial charge in [-0.25, -0.2) is 4.79 Å². The molecule has 7 heteroatoms. The summed E-state index contributed by atoms with van der Waals surface area (Å²) < 4.78 is 5.02. The summed E-state index contributed by atoms with van der Waals surface area (Å²) in [7, 11) is 0. The molecule has 21 heavy (non-hydrogen) atoms. The van der Waals surface area contributed by atoms with Gasteiger partial charge >= 0.3 is 6.09 Å². The first-order valence-electron chi connectivity index (χ1n) is 6.09. The van der Waals surface area contributed by atoms with E-state index in [0.29, 0.717) is 0 Å². The highest BCUT2D eigenvalue weighted by atomic mass is 35.5. The Morgan fingerprint density at radius 1 is 1.48 bits per heavy atom. The minimum atomic E-state index is -0.595. The van der Waals surface area contributed by atoms with Gasteiger partial charge in [-0.3, -0.25) is 10.1 Å². The van der Waals surface area contributed by atoms with Gasteiger partial charge < -0.3 is 10.1 Å². The number of nitrogens with zero attached hydrogens (tertiary/aromatic N) is 1. The van der Waals surface area contributed by atoms with Gasteiger partial charge in [-0.05, 0) is 32.9 Å². The second-order valence-corrected chi connectivity index (χ2v) is 5.51. The lowest BCUT2D eigenvalue weighted by Crippen LogP contribution is -2.32. The van der Waals surface area contributed by atoms with Gasteiger partial charge in [0, 0.05) is 11.1 Å². The maximum Gasteiger partial charge on any atom is 0.408 e. The molecule has 0 unspecified atom stereocenters. The minimum absolute atomic E-state index is 0.0225. The summed E-state index contributed by atoms with van der Waals surface area (Å²) in [6, 6.07) is 4.20. The van der Waals surface area contributed by atoms with Crippen molar-refractivity contribution in [3.8, 4) is 11.8 Å². The molecule has 0 bridgehead atoms. The predicted octanol–water partition coefficient (Wildman–Crippen LogP) is 3.12. The number of hydrogen-bond donors (Lipinski definition) is 1. The second kappa shape index (κ2) is 6.95. The fourth-order valence-electron chi connectivity index (χ4n) is 1.33. The Bertz CT molecular complexity index is 612. The van der Waals surface area contributed by atoms with E-state index in [1.165, 1.54) is 18.2 Å². The van der Waals surface area contributed by atoms with Crippen LogP contribution in [0.4, 0.5) is 10.5 Å². The van der Waals surface area contributed by atoms with Crippen LogP contribution in [-0.2, 0) is 4.74 Å². The predicted molar refractivity (Wildman–Crippen MR) is 79.2 cm³/mol. The number of rotatable bonds is 2. The largest absolute Gasteiger partial charge is 0.444 e. The third-order valence-corrected chi connectivity index (χ3v) is 2.33. The first-order valence-corrected chi connectivity index (χ1v) is 6.46. The van der Waals surface area contributed by atoms with E-state index in [2.05, 4.69) is 17.2 Å². The quantitative estimate of drug-likeness (QED) is 0.517. The molecule has 0 radical (unpaired) electrons. The molecule has 0 heterocycles. The van der Waals surface area contributed by atoms with Crippen molar-refractivity contribution in [1.82, 2.24) is 5.32 Å². The zero-order valence-electron chi connectivity index (χ0n) is 11.9. The van der Waals surface area contributed by atoms with Crippen molar-refractivity contribution in [3.63, 3.8) is 0 Å². The maximum absolute atomic E-state index is 11.4. The molecule has 1 amide bonds. The Morgan fingerprint density at radius 2 is 2.14 bits per heavy atom. The zero-order chi connectivity index (χ0) is 16.0. The van der Waals surface area contributed by atoms with Crippen LogP contribution in [0.25, 0.3) is 0 Å². The summed E-state index contributed by atoms with van der Waals surface area (Å²) >= 11 is 5.70. The fraction of sp³-hybridized carbons (Fsp3) is 0.357. The number of carbonyl (C=O) groups is 1. The van der Waals surface area contributed by atoms with E-state index in [4.69, 9.17) is 16.3 Å². The number of nitrogens with one attached hydrogen (secondary N) is 1. The number of benzene rings is 1. The van der Waals surface area contributed by atoms with E-state index >= 15 is 0 Å². The van der Waals surface area contributed by atoms with Gasteiger partial charge in [-0.1, -0.05) is 23.4 Å². The molecule has 1 N–H and O–H groups in total. The van der Waals surface area contributed by atoms with E-state index in [-0.39, 0.29) is 22.8 Å². The molecule has 0 saturated carbocycles. The number of ether oxygens (including phenoxy) is 1. The molecular weight excluding hydrogens is 296 g/mol. The topological polar surface area (TPSA) is 81.5 Å². The lowest BCUT2D eigenvalue weighted by atomic mass is 10.2. The van der Waals surface area contributed by atoms with Crippen LogP contribution in [0, 0.1) is 22.0 Å². The molecule has 0 atom stereocenters. The summed E-state index contributed by atoms with van der Waals surface area (Å²) in [6.07, 6.45) is -0.595. The maximum atomic E-state index is 11.4. The van der Waals surface area contributed by atoms with Crippen molar-refractivity contribution in [3.05, 3.63) is 38.9 Å².